The third kappa shape index (κ3) is 27.6. The molecule has 45 heavy (non-hydrogen) atoms. The number of nitrogens with zero attached hydrogens (tertiary/aromatic N) is 1. The van der Waals surface area contributed by atoms with Crippen LogP contribution in [0.5, 0.6) is 0 Å². The number of carbonyl (C=O) groups is 3. The Balaban J connectivity index is 4.43. The van der Waals surface area contributed by atoms with Crippen molar-refractivity contribution in [2.24, 2.45) is 0 Å². The third-order valence-corrected chi connectivity index (χ3v) is 7.55. The van der Waals surface area contributed by atoms with Crippen LogP contribution in [0.1, 0.15) is 129 Å². The van der Waals surface area contributed by atoms with E-state index in [2.05, 4.69) is 50.3 Å². The lowest BCUT2D eigenvalue weighted by Crippen LogP contribution is -2.50. The first-order valence-corrected chi connectivity index (χ1v) is 17.5. The van der Waals surface area contributed by atoms with Crippen LogP contribution in [0.15, 0.2) is 36.5 Å². The fraction of sp³-hybridized carbons (Fsp3) is 0.757. The van der Waals surface area contributed by atoms with Crippen molar-refractivity contribution in [3.63, 3.8) is 0 Å². The second-order valence-electron chi connectivity index (χ2n) is 12.7. The van der Waals surface area contributed by atoms with E-state index in [0.717, 1.165) is 77.0 Å². The molecule has 0 aromatic carbocycles. The summed E-state index contributed by atoms with van der Waals surface area (Å²) >= 11 is 0. The lowest BCUT2D eigenvalue weighted by atomic mass is 10.1. The van der Waals surface area contributed by atoms with Gasteiger partial charge in [-0.25, -0.2) is 4.79 Å². The number of hydrogen-bond acceptors (Lipinski definition) is 6. The predicted octanol–water partition coefficient (Wildman–Crippen LogP) is 8.35. The van der Waals surface area contributed by atoms with Gasteiger partial charge in [-0.1, -0.05) is 102 Å². The van der Waals surface area contributed by atoms with Crippen molar-refractivity contribution in [2.45, 2.75) is 142 Å². The minimum Gasteiger partial charge on any atom is -0.477 e. The highest BCUT2D eigenvalue weighted by molar-refractivity contribution is 5.72. The number of esters is 2. The Bertz CT molecular complexity index is 844. The molecule has 0 fully saturated rings. The van der Waals surface area contributed by atoms with Gasteiger partial charge in [0.2, 0.25) is 0 Å². The van der Waals surface area contributed by atoms with E-state index in [9.17, 15) is 19.5 Å². The molecule has 0 aromatic rings. The fourth-order valence-electron chi connectivity index (χ4n) is 4.81. The Morgan fingerprint density at radius 1 is 0.689 bits per heavy atom. The number of carboxylic acid groups (broad SMARTS) is 1. The summed E-state index contributed by atoms with van der Waals surface area (Å²) in [7, 11) is 5.49. The average molecular weight is 637 g/mol. The molecule has 0 aromatic heterocycles. The van der Waals surface area contributed by atoms with Gasteiger partial charge in [-0.05, 0) is 44.9 Å². The zero-order chi connectivity index (χ0) is 33.6. The summed E-state index contributed by atoms with van der Waals surface area (Å²) in [5.41, 5.74) is 0. The van der Waals surface area contributed by atoms with Gasteiger partial charge in [0.05, 0.1) is 34.4 Å². The molecule has 1 N–H and O–H groups in total. The second kappa shape index (κ2) is 29.0. The monoisotopic (exact) mass is 636 g/mol. The summed E-state index contributed by atoms with van der Waals surface area (Å²) in [6.45, 7) is 4.52. The minimum atomic E-state index is -0.881. The second-order valence-corrected chi connectivity index (χ2v) is 12.7. The van der Waals surface area contributed by atoms with Crippen LogP contribution >= 0.6 is 0 Å². The summed E-state index contributed by atoms with van der Waals surface area (Å²) in [5, 5.41) is 9.54. The molecule has 8 nitrogen and oxygen atoms in total. The molecular weight excluding hydrogens is 570 g/mol. The van der Waals surface area contributed by atoms with Crippen molar-refractivity contribution < 1.29 is 38.2 Å². The molecule has 0 aliphatic carbocycles. The number of carbonyl (C=O) groups excluding carboxylic acids is 2. The molecule has 0 bridgehead atoms. The summed E-state index contributed by atoms with van der Waals surface area (Å²) < 4.78 is 17.1. The molecule has 2 atom stereocenters. The van der Waals surface area contributed by atoms with E-state index in [-0.39, 0.29) is 36.2 Å². The highest BCUT2D eigenvalue weighted by Gasteiger charge is 2.31. The van der Waals surface area contributed by atoms with Crippen molar-refractivity contribution in [1.82, 2.24) is 0 Å². The Kier molecular flexibility index (Phi) is 27.4. The molecule has 0 heterocycles. The number of hydrogen-bond donors (Lipinski definition) is 1. The Hall–Kier alpha value is -2.45. The van der Waals surface area contributed by atoms with Crippen molar-refractivity contribution >= 4 is 17.9 Å². The maximum atomic E-state index is 12.6. The maximum Gasteiger partial charge on any atom is 0.362 e. The fourth-order valence-corrected chi connectivity index (χ4v) is 4.81. The average Bonchev–Trinajstić information content (AvgIpc) is 2.98. The van der Waals surface area contributed by atoms with E-state index in [1.165, 1.54) is 19.3 Å². The maximum absolute atomic E-state index is 12.6. The van der Waals surface area contributed by atoms with E-state index in [4.69, 9.17) is 14.2 Å². The summed E-state index contributed by atoms with van der Waals surface area (Å²) in [4.78, 5) is 36.5. The first-order valence-electron chi connectivity index (χ1n) is 17.5. The number of quaternary nitrogens is 1. The molecular formula is C37H66NO7+. The lowest BCUT2D eigenvalue weighted by Gasteiger charge is -2.31. The molecule has 0 radical (unpaired) electrons. The molecule has 0 amide bonds. The highest BCUT2D eigenvalue weighted by atomic mass is 16.6. The molecule has 8 heteroatoms. The highest BCUT2D eigenvalue weighted by Crippen LogP contribution is 2.12. The standard InChI is InChI=1S/C37H65NO7/c1-6-8-10-12-14-15-16-17-18-19-20-21-22-24-26-28-36(40)45-33(31-43-30-29-34(37(41)42)38(3,4)5)32-44-35(39)27-25-23-13-11-9-7-2/h8,10,14-15,17-18,33-34H,6-7,9,11-13,16,19-32H2,1-5H3/p+1/b10-8-,15-14-,18-17-. The van der Waals surface area contributed by atoms with Gasteiger partial charge >= 0.3 is 17.9 Å². The smallest absolute Gasteiger partial charge is 0.362 e. The van der Waals surface area contributed by atoms with Crippen molar-refractivity contribution in [3.8, 4) is 0 Å². The lowest BCUT2D eigenvalue weighted by molar-refractivity contribution is -0.887. The van der Waals surface area contributed by atoms with Crippen molar-refractivity contribution in [1.29, 1.82) is 0 Å². The number of rotatable bonds is 30. The number of aliphatic carboxylic acids is 1. The van der Waals surface area contributed by atoms with E-state index in [1.54, 1.807) is 0 Å². The van der Waals surface area contributed by atoms with Gasteiger partial charge in [0.25, 0.3) is 0 Å². The minimum absolute atomic E-state index is 0.0543. The molecule has 260 valence electrons. The molecule has 0 saturated carbocycles. The van der Waals surface area contributed by atoms with Crippen LogP contribution in [0.3, 0.4) is 0 Å². The molecule has 0 aliphatic rings. The van der Waals surface area contributed by atoms with Crippen molar-refractivity contribution in [2.75, 3.05) is 41.0 Å². The summed E-state index contributed by atoms with van der Waals surface area (Å²) in [6.07, 6.45) is 29.2. The largest absolute Gasteiger partial charge is 0.477 e. The number of likely N-dealkylation sites (N-methyl/N-ethyl adjacent to an activating group) is 1. The SMILES string of the molecule is CC/C=C\C/C=C\C/C=C\CCCCCCCC(=O)OC(COCCC(C(=O)O)[N+](C)(C)C)COC(=O)CCCCCCCC. The molecule has 0 aliphatic heterocycles. The Morgan fingerprint density at radius 3 is 1.84 bits per heavy atom. The number of ether oxygens (including phenoxy) is 3. The normalized spacial score (nSPS) is 13.5. The number of unbranched alkanes of at least 4 members (excludes halogenated alkanes) is 10. The Labute approximate surface area is 274 Å². The molecule has 0 rings (SSSR count). The van der Waals surface area contributed by atoms with Crippen LogP contribution in [0.4, 0.5) is 0 Å². The van der Waals surface area contributed by atoms with Crippen LogP contribution in [0.25, 0.3) is 0 Å². The quantitative estimate of drug-likeness (QED) is 0.0366. The summed E-state index contributed by atoms with van der Waals surface area (Å²) in [5.74, 6) is -1.51. The first kappa shape index (κ1) is 42.6. The van der Waals surface area contributed by atoms with Crippen LogP contribution in [0.2, 0.25) is 0 Å². The predicted molar refractivity (Wildman–Crippen MR) is 183 cm³/mol. The summed E-state index contributed by atoms with van der Waals surface area (Å²) in [6, 6.07) is -0.614. The Morgan fingerprint density at radius 2 is 1.24 bits per heavy atom. The zero-order valence-electron chi connectivity index (χ0n) is 29.3. The van der Waals surface area contributed by atoms with Crippen molar-refractivity contribution in [3.05, 3.63) is 36.5 Å². The van der Waals surface area contributed by atoms with Crippen LogP contribution in [-0.2, 0) is 28.6 Å². The van der Waals surface area contributed by atoms with E-state index < -0.39 is 18.1 Å². The van der Waals surface area contributed by atoms with Gasteiger partial charge in [0, 0.05) is 19.3 Å². The zero-order valence-corrected chi connectivity index (χ0v) is 29.3. The molecule has 0 spiro atoms. The van der Waals surface area contributed by atoms with Gasteiger partial charge in [-0.3, -0.25) is 9.59 Å². The van der Waals surface area contributed by atoms with Crippen LogP contribution in [0, 0.1) is 0 Å². The van der Waals surface area contributed by atoms with Gasteiger partial charge in [0.1, 0.15) is 6.61 Å². The van der Waals surface area contributed by atoms with Gasteiger partial charge in [-0.15, -0.1) is 0 Å². The van der Waals surface area contributed by atoms with E-state index >= 15 is 0 Å². The van der Waals surface area contributed by atoms with Gasteiger partial charge in [-0.2, -0.15) is 0 Å². The first-order chi connectivity index (χ1) is 21.6. The topological polar surface area (TPSA) is 99.1 Å². The molecule has 0 saturated heterocycles. The molecule has 2 unspecified atom stereocenters. The number of allylic oxidation sites excluding steroid dienone is 6. The third-order valence-electron chi connectivity index (χ3n) is 7.55. The van der Waals surface area contributed by atoms with Crippen LogP contribution < -0.4 is 0 Å². The van der Waals surface area contributed by atoms with E-state index in [1.807, 2.05) is 21.1 Å². The van der Waals surface area contributed by atoms with E-state index in [0.29, 0.717) is 19.3 Å². The van der Waals surface area contributed by atoms with Crippen LogP contribution in [-0.4, -0.2) is 80.6 Å². The van der Waals surface area contributed by atoms with Gasteiger partial charge in [0.15, 0.2) is 12.1 Å². The van der Waals surface area contributed by atoms with Gasteiger partial charge < -0.3 is 23.8 Å². The number of carboxylic acids is 1.